The van der Waals surface area contributed by atoms with Crippen LogP contribution in [-0.4, -0.2) is 70.9 Å². The molecule has 0 saturated carbocycles. The zero-order valence-electron chi connectivity index (χ0n) is 16.2. The van der Waals surface area contributed by atoms with E-state index in [9.17, 15) is 9.59 Å². The molecule has 0 bridgehead atoms. The molecule has 2 aliphatic heterocycles. The number of aromatic nitrogens is 2. The van der Waals surface area contributed by atoms with Gasteiger partial charge in [-0.1, -0.05) is 15.9 Å². The Hall–Kier alpha value is -2.48. The molecule has 7 nitrogen and oxygen atoms in total. The van der Waals surface area contributed by atoms with Gasteiger partial charge in [0.15, 0.2) is 0 Å². The third-order valence-electron chi connectivity index (χ3n) is 5.65. The van der Waals surface area contributed by atoms with Gasteiger partial charge in [-0.15, -0.1) is 0 Å². The van der Waals surface area contributed by atoms with Crippen LogP contribution in [0.2, 0.25) is 0 Å². The van der Waals surface area contributed by atoms with Gasteiger partial charge in [0.05, 0.1) is 0 Å². The highest BCUT2D eigenvalue weighted by Crippen LogP contribution is 2.23. The van der Waals surface area contributed by atoms with Gasteiger partial charge in [-0.3, -0.25) is 9.59 Å². The summed E-state index contributed by atoms with van der Waals surface area (Å²) < 4.78 is 0.956. The maximum Gasteiger partial charge on any atom is 0.253 e. The van der Waals surface area contributed by atoms with Crippen LogP contribution in [0.4, 0.5) is 5.95 Å². The van der Waals surface area contributed by atoms with Crippen LogP contribution in [0, 0.1) is 5.92 Å². The largest absolute Gasteiger partial charge is 0.339 e. The lowest BCUT2D eigenvalue weighted by molar-refractivity contribution is -0.137. The van der Waals surface area contributed by atoms with Crippen LogP contribution in [0.15, 0.2) is 47.2 Å². The summed E-state index contributed by atoms with van der Waals surface area (Å²) in [5.74, 6) is 0.983. The van der Waals surface area contributed by atoms with Crippen molar-refractivity contribution in [1.82, 2.24) is 19.8 Å². The number of carbonyl (C=O) groups is 2. The molecule has 0 aliphatic carbocycles. The fourth-order valence-electron chi connectivity index (χ4n) is 3.94. The van der Waals surface area contributed by atoms with Gasteiger partial charge in [0, 0.05) is 67.6 Å². The van der Waals surface area contributed by atoms with E-state index in [-0.39, 0.29) is 17.7 Å². The molecule has 29 heavy (non-hydrogen) atoms. The first kappa shape index (κ1) is 19.8. The number of carbonyl (C=O) groups excluding carboxylic acids is 2. The highest BCUT2D eigenvalue weighted by Gasteiger charge is 2.32. The molecule has 2 aliphatic rings. The highest BCUT2D eigenvalue weighted by molar-refractivity contribution is 9.10. The number of piperidine rings is 1. The van der Waals surface area contributed by atoms with Crippen molar-refractivity contribution in [2.24, 2.45) is 5.92 Å². The second-order valence-electron chi connectivity index (χ2n) is 7.43. The van der Waals surface area contributed by atoms with Crippen LogP contribution in [-0.2, 0) is 4.79 Å². The molecule has 0 unspecified atom stereocenters. The minimum Gasteiger partial charge on any atom is -0.339 e. The van der Waals surface area contributed by atoms with Crippen molar-refractivity contribution in [2.45, 2.75) is 12.8 Å². The Balaban J connectivity index is 1.27. The zero-order chi connectivity index (χ0) is 20.2. The molecule has 2 amide bonds. The van der Waals surface area contributed by atoms with E-state index in [0.717, 1.165) is 36.4 Å². The predicted molar refractivity (Wildman–Crippen MR) is 114 cm³/mol. The number of anilines is 1. The maximum absolute atomic E-state index is 12.9. The second kappa shape index (κ2) is 8.90. The van der Waals surface area contributed by atoms with E-state index in [1.54, 1.807) is 18.5 Å². The molecule has 0 N–H and O–H groups in total. The van der Waals surface area contributed by atoms with Crippen LogP contribution in [0.1, 0.15) is 23.2 Å². The van der Waals surface area contributed by atoms with Crippen molar-refractivity contribution in [3.8, 4) is 0 Å². The van der Waals surface area contributed by atoms with E-state index in [1.807, 2.05) is 34.1 Å². The standard InChI is InChI=1S/C21H24BrN5O2/c22-18-4-2-16(3-5-18)19(28)25-10-6-17(7-11-25)20(29)26-12-14-27(15-13-26)21-23-8-1-9-24-21/h1-5,8-9,17H,6-7,10-15H2. The fourth-order valence-corrected chi connectivity index (χ4v) is 4.21. The Labute approximate surface area is 178 Å². The Kier molecular flexibility index (Phi) is 6.08. The summed E-state index contributed by atoms with van der Waals surface area (Å²) in [6.07, 6.45) is 4.93. The first-order chi connectivity index (χ1) is 14.1. The number of likely N-dealkylation sites (tertiary alicyclic amines) is 1. The van der Waals surface area contributed by atoms with E-state index < -0.39 is 0 Å². The quantitative estimate of drug-likeness (QED) is 0.707. The minimum absolute atomic E-state index is 0.00323. The molecule has 2 aromatic rings. The number of piperazine rings is 1. The Morgan fingerprint density at radius 1 is 0.862 bits per heavy atom. The van der Waals surface area contributed by atoms with Crippen LogP contribution < -0.4 is 4.90 Å². The third kappa shape index (κ3) is 4.58. The second-order valence-corrected chi connectivity index (χ2v) is 8.35. The van der Waals surface area contributed by atoms with E-state index in [2.05, 4.69) is 30.8 Å². The zero-order valence-corrected chi connectivity index (χ0v) is 17.8. The summed E-state index contributed by atoms with van der Waals surface area (Å²) in [6, 6.07) is 9.23. The van der Waals surface area contributed by atoms with Crippen LogP contribution >= 0.6 is 15.9 Å². The lowest BCUT2D eigenvalue weighted by atomic mass is 9.94. The lowest BCUT2D eigenvalue weighted by Crippen LogP contribution is -2.52. The molecule has 3 heterocycles. The Morgan fingerprint density at radius 3 is 2.10 bits per heavy atom. The number of benzene rings is 1. The van der Waals surface area contributed by atoms with E-state index in [0.29, 0.717) is 31.7 Å². The number of hydrogen-bond donors (Lipinski definition) is 0. The van der Waals surface area contributed by atoms with E-state index in [1.165, 1.54) is 0 Å². The van der Waals surface area contributed by atoms with Crippen molar-refractivity contribution < 1.29 is 9.59 Å². The molecule has 152 valence electrons. The fraction of sp³-hybridized carbons (Fsp3) is 0.429. The smallest absolute Gasteiger partial charge is 0.253 e. The molecule has 2 fully saturated rings. The molecule has 1 aromatic carbocycles. The van der Waals surface area contributed by atoms with Gasteiger partial charge >= 0.3 is 0 Å². The average Bonchev–Trinajstić information content (AvgIpc) is 2.79. The van der Waals surface area contributed by atoms with Gasteiger partial charge in [-0.05, 0) is 43.2 Å². The molecular formula is C21H24BrN5O2. The Morgan fingerprint density at radius 2 is 1.48 bits per heavy atom. The summed E-state index contributed by atoms with van der Waals surface area (Å²) in [7, 11) is 0. The molecule has 8 heteroatoms. The summed E-state index contributed by atoms with van der Waals surface area (Å²) in [5.41, 5.74) is 0.692. The van der Waals surface area contributed by atoms with Crippen LogP contribution in [0.3, 0.4) is 0 Å². The Bertz CT molecular complexity index is 845. The van der Waals surface area contributed by atoms with Crippen LogP contribution in [0.5, 0.6) is 0 Å². The topological polar surface area (TPSA) is 69.6 Å². The number of halogens is 1. The summed E-state index contributed by atoms with van der Waals surface area (Å²) in [6.45, 7) is 4.13. The van der Waals surface area contributed by atoms with Gasteiger partial charge in [-0.2, -0.15) is 0 Å². The molecule has 1 aromatic heterocycles. The first-order valence-corrected chi connectivity index (χ1v) is 10.8. The van der Waals surface area contributed by atoms with Crippen molar-refractivity contribution in [3.05, 3.63) is 52.8 Å². The van der Waals surface area contributed by atoms with Crippen molar-refractivity contribution >= 4 is 33.7 Å². The normalized spacial score (nSPS) is 18.0. The predicted octanol–water partition coefficient (Wildman–Crippen LogP) is 2.44. The highest BCUT2D eigenvalue weighted by atomic mass is 79.9. The van der Waals surface area contributed by atoms with Gasteiger partial charge < -0.3 is 14.7 Å². The molecular weight excluding hydrogens is 434 g/mol. The number of nitrogens with zero attached hydrogens (tertiary/aromatic N) is 5. The van der Waals surface area contributed by atoms with Crippen molar-refractivity contribution in [1.29, 1.82) is 0 Å². The summed E-state index contributed by atoms with van der Waals surface area (Å²) in [5, 5.41) is 0. The maximum atomic E-state index is 12.9. The van der Waals surface area contributed by atoms with Gasteiger partial charge in [0.1, 0.15) is 0 Å². The molecule has 0 atom stereocenters. The molecule has 2 saturated heterocycles. The third-order valence-corrected chi connectivity index (χ3v) is 6.18. The molecule has 4 rings (SSSR count). The number of amides is 2. The van der Waals surface area contributed by atoms with Crippen molar-refractivity contribution in [3.63, 3.8) is 0 Å². The number of rotatable bonds is 3. The van der Waals surface area contributed by atoms with Gasteiger partial charge in [0.2, 0.25) is 11.9 Å². The van der Waals surface area contributed by atoms with E-state index in [4.69, 9.17) is 0 Å². The van der Waals surface area contributed by atoms with Crippen LogP contribution in [0.25, 0.3) is 0 Å². The SMILES string of the molecule is O=C(c1ccc(Br)cc1)N1CCC(C(=O)N2CCN(c3ncccn3)CC2)CC1. The molecule has 0 radical (unpaired) electrons. The first-order valence-electron chi connectivity index (χ1n) is 9.97. The average molecular weight is 458 g/mol. The monoisotopic (exact) mass is 457 g/mol. The lowest BCUT2D eigenvalue weighted by Gasteiger charge is -2.38. The minimum atomic E-state index is 0.00323. The van der Waals surface area contributed by atoms with E-state index >= 15 is 0 Å². The summed E-state index contributed by atoms with van der Waals surface area (Å²) >= 11 is 3.39. The van der Waals surface area contributed by atoms with Crippen molar-refractivity contribution in [2.75, 3.05) is 44.2 Å². The number of hydrogen-bond acceptors (Lipinski definition) is 5. The van der Waals surface area contributed by atoms with Gasteiger partial charge in [-0.25, -0.2) is 9.97 Å². The summed E-state index contributed by atoms with van der Waals surface area (Å²) in [4.78, 5) is 40.1. The molecule has 0 spiro atoms. The van der Waals surface area contributed by atoms with Gasteiger partial charge in [0.25, 0.3) is 5.91 Å².